The van der Waals surface area contributed by atoms with Crippen LogP contribution >= 0.6 is 0 Å². The number of pyridine rings is 2. The monoisotopic (exact) mass is 366 g/mol. The Balaban J connectivity index is 1.59. The summed E-state index contributed by atoms with van der Waals surface area (Å²) >= 11 is 0. The quantitative estimate of drug-likeness (QED) is 0.850. The van der Waals surface area contributed by atoms with E-state index in [2.05, 4.69) is 15.3 Å². The Morgan fingerprint density at radius 3 is 2.96 bits per heavy atom. The number of carbonyl (C=O) groups excluding carboxylic acids is 1. The summed E-state index contributed by atoms with van der Waals surface area (Å²) in [6.07, 6.45) is -0.478. The van der Waals surface area contributed by atoms with Gasteiger partial charge < -0.3 is 15.0 Å². The van der Waals surface area contributed by atoms with E-state index in [0.29, 0.717) is 19.5 Å². The topological polar surface area (TPSA) is 67.4 Å². The molecule has 2 aromatic heterocycles. The summed E-state index contributed by atoms with van der Waals surface area (Å²) in [7, 11) is 0. The van der Waals surface area contributed by atoms with Crippen molar-refractivity contribution in [3.05, 3.63) is 48.0 Å². The summed E-state index contributed by atoms with van der Waals surface area (Å²) in [5.41, 5.74) is 0.0687. The SMILES string of the molecule is O=C(NC1CCN(c2ncccc2F)C1)c1cccc(OCC(F)F)n1. The third kappa shape index (κ3) is 4.41. The minimum atomic E-state index is -2.62. The number of halogens is 3. The van der Waals surface area contributed by atoms with Gasteiger partial charge in [-0.25, -0.2) is 23.1 Å². The number of ether oxygens (including phenoxy) is 1. The lowest BCUT2D eigenvalue weighted by Crippen LogP contribution is -2.37. The van der Waals surface area contributed by atoms with Crippen LogP contribution in [0.3, 0.4) is 0 Å². The van der Waals surface area contributed by atoms with Crippen molar-refractivity contribution in [3.8, 4) is 5.88 Å². The van der Waals surface area contributed by atoms with E-state index in [9.17, 15) is 18.0 Å². The van der Waals surface area contributed by atoms with Gasteiger partial charge >= 0.3 is 0 Å². The van der Waals surface area contributed by atoms with Gasteiger partial charge in [-0.2, -0.15) is 0 Å². The van der Waals surface area contributed by atoms with Crippen molar-refractivity contribution >= 4 is 11.7 Å². The maximum Gasteiger partial charge on any atom is 0.272 e. The Morgan fingerprint density at radius 2 is 2.19 bits per heavy atom. The van der Waals surface area contributed by atoms with Gasteiger partial charge in [-0.3, -0.25) is 4.79 Å². The third-order valence-electron chi connectivity index (χ3n) is 3.88. The largest absolute Gasteiger partial charge is 0.472 e. The van der Waals surface area contributed by atoms with E-state index in [1.54, 1.807) is 4.90 Å². The van der Waals surface area contributed by atoms with Crippen LogP contribution in [0.25, 0.3) is 0 Å². The fraction of sp³-hybridized carbons (Fsp3) is 0.353. The van der Waals surface area contributed by atoms with Crippen LogP contribution in [-0.2, 0) is 0 Å². The van der Waals surface area contributed by atoms with Crippen molar-refractivity contribution in [1.82, 2.24) is 15.3 Å². The second kappa shape index (κ2) is 8.03. The third-order valence-corrected chi connectivity index (χ3v) is 3.88. The molecule has 0 aliphatic carbocycles. The second-order valence-corrected chi connectivity index (χ2v) is 5.78. The molecule has 0 radical (unpaired) electrons. The first-order valence-corrected chi connectivity index (χ1v) is 8.07. The number of nitrogens with zero attached hydrogens (tertiary/aromatic N) is 3. The van der Waals surface area contributed by atoms with Gasteiger partial charge in [0.15, 0.2) is 18.2 Å². The molecule has 1 N–H and O–H groups in total. The Kier molecular flexibility index (Phi) is 5.55. The van der Waals surface area contributed by atoms with Crippen LogP contribution in [0.1, 0.15) is 16.9 Å². The number of aromatic nitrogens is 2. The van der Waals surface area contributed by atoms with E-state index in [-0.39, 0.29) is 23.4 Å². The molecule has 1 saturated heterocycles. The highest BCUT2D eigenvalue weighted by Gasteiger charge is 2.27. The highest BCUT2D eigenvalue weighted by atomic mass is 19.3. The Morgan fingerprint density at radius 1 is 1.35 bits per heavy atom. The van der Waals surface area contributed by atoms with E-state index in [0.717, 1.165) is 0 Å². The predicted molar refractivity (Wildman–Crippen MR) is 88.0 cm³/mol. The average molecular weight is 366 g/mol. The lowest BCUT2D eigenvalue weighted by molar-refractivity contribution is 0.0792. The lowest BCUT2D eigenvalue weighted by Gasteiger charge is -2.18. The van der Waals surface area contributed by atoms with Gasteiger partial charge in [-0.1, -0.05) is 6.07 Å². The molecule has 1 unspecified atom stereocenters. The zero-order valence-electron chi connectivity index (χ0n) is 13.7. The number of anilines is 1. The van der Waals surface area contributed by atoms with Crippen LogP contribution < -0.4 is 15.0 Å². The van der Waals surface area contributed by atoms with Crippen LogP contribution in [0.5, 0.6) is 5.88 Å². The molecule has 138 valence electrons. The van der Waals surface area contributed by atoms with Crippen molar-refractivity contribution in [3.63, 3.8) is 0 Å². The summed E-state index contributed by atoms with van der Waals surface area (Å²) in [5.74, 6) is -0.641. The van der Waals surface area contributed by atoms with Gasteiger partial charge in [0.1, 0.15) is 5.69 Å². The minimum Gasteiger partial charge on any atom is -0.472 e. The molecular formula is C17H17F3N4O2. The standard InChI is InChI=1S/C17H17F3N4O2/c18-12-3-2-7-21-16(12)24-8-6-11(9-24)22-17(25)13-4-1-5-15(23-13)26-10-14(19)20/h1-5,7,11,14H,6,8-10H2,(H,22,25). The lowest BCUT2D eigenvalue weighted by atomic mass is 10.2. The van der Waals surface area contributed by atoms with E-state index in [1.807, 2.05) is 0 Å². The molecule has 1 fully saturated rings. The number of hydrogen-bond donors (Lipinski definition) is 1. The van der Waals surface area contributed by atoms with E-state index in [1.165, 1.54) is 36.5 Å². The van der Waals surface area contributed by atoms with E-state index < -0.39 is 24.8 Å². The molecule has 0 spiro atoms. The van der Waals surface area contributed by atoms with Crippen LogP contribution in [0.2, 0.25) is 0 Å². The molecule has 3 rings (SSSR count). The molecule has 0 bridgehead atoms. The Bertz CT molecular complexity index is 775. The zero-order valence-corrected chi connectivity index (χ0v) is 13.7. The zero-order chi connectivity index (χ0) is 18.5. The van der Waals surface area contributed by atoms with E-state index >= 15 is 0 Å². The first kappa shape index (κ1) is 18.0. The predicted octanol–water partition coefficient (Wildman–Crippen LogP) is 2.27. The van der Waals surface area contributed by atoms with Gasteiger partial charge in [0.25, 0.3) is 12.3 Å². The van der Waals surface area contributed by atoms with Crippen LogP contribution in [0.15, 0.2) is 36.5 Å². The average Bonchev–Trinajstić information content (AvgIpc) is 3.09. The molecule has 1 atom stereocenters. The highest BCUT2D eigenvalue weighted by molar-refractivity contribution is 5.92. The van der Waals surface area contributed by atoms with Gasteiger partial charge in [0.2, 0.25) is 5.88 Å². The summed E-state index contributed by atoms with van der Waals surface area (Å²) in [5, 5.41) is 2.81. The summed E-state index contributed by atoms with van der Waals surface area (Å²) in [6.45, 7) is 0.191. The number of rotatable bonds is 6. The molecular weight excluding hydrogens is 349 g/mol. The van der Waals surface area contributed by atoms with Crippen LogP contribution in [0, 0.1) is 5.82 Å². The van der Waals surface area contributed by atoms with Gasteiger partial charge in [0.05, 0.1) is 0 Å². The summed E-state index contributed by atoms with van der Waals surface area (Å²) in [6, 6.07) is 7.03. The van der Waals surface area contributed by atoms with Crippen molar-refractivity contribution in [2.75, 3.05) is 24.6 Å². The molecule has 3 heterocycles. The maximum absolute atomic E-state index is 13.8. The van der Waals surface area contributed by atoms with Gasteiger partial charge in [0, 0.05) is 31.4 Å². The number of alkyl halides is 2. The summed E-state index contributed by atoms with van der Waals surface area (Å²) < 4.78 is 43.0. The Hall–Kier alpha value is -2.84. The highest BCUT2D eigenvalue weighted by Crippen LogP contribution is 2.21. The molecule has 26 heavy (non-hydrogen) atoms. The Labute approximate surface area is 148 Å². The molecule has 6 nitrogen and oxygen atoms in total. The molecule has 9 heteroatoms. The molecule has 0 saturated carbocycles. The smallest absolute Gasteiger partial charge is 0.272 e. The first-order valence-electron chi connectivity index (χ1n) is 8.07. The molecule has 1 amide bonds. The second-order valence-electron chi connectivity index (χ2n) is 5.78. The van der Waals surface area contributed by atoms with E-state index in [4.69, 9.17) is 4.74 Å². The minimum absolute atomic E-state index is 0.0402. The van der Waals surface area contributed by atoms with Crippen molar-refractivity contribution in [2.24, 2.45) is 0 Å². The number of nitrogens with one attached hydrogen (secondary N) is 1. The fourth-order valence-electron chi connectivity index (χ4n) is 2.71. The maximum atomic E-state index is 13.8. The summed E-state index contributed by atoms with van der Waals surface area (Å²) in [4.78, 5) is 22.0. The number of amides is 1. The molecule has 1 aliphatic heterocycles. The van der Waals surface area contributed by atoms with Crippen molar-refractivity contribution in [1.29, 1.82) is 0 Å². The normalized spacial score (nSPS) is 16.8. The van der Waals surface area contributed by atoms with Gasteiger partial charge in [-0.05, 0) is 24.6 Å². The molecule has 1 aliphatic rings. The van der Waals surface area contributed by atoms with Gasteiger partial charge in [-0.15, -0.1) is 0 Å². The van der Waals surface area contributed by atoms with Crippen molar-refractivity contribution < 1.29 is 22.7 Å². The molecule has 0 aromatic carbocycles. The van der Waals surface area contributed by atoms with Crippen molar-refractivity contribution in [2.45, 2.75) is 18.9 Å². The molecule has 2 aromatic rings. The first-order chi connectivity index (χ1) is 12.5. The number of hydrogen-bond acceptors (Lipinski definition) is 5. The number of carbonyl (C=O) groups is 1. The van der Waals surface area contributed by atoms with Crippen LogP contribution in [-0.4, -0.2) is 48.0 Å². The van der Waals surface area contributed by atoms with Crippen LogP contribution in [0.4, 0.5) is 19.0 Å². The fourth-order valence-corrected chi connectivity index (χ4v) is 2.71.